The van der Waals surface area contributed by atoms with Crippen LogP contribution in [0.5, 0.6) is 0 Å². The first-order valence-electron chi connectivity index (χ1n) is 11.1. The highest BCUT2D eigenvalue weighted by molar-refractivity contribution is 5.66. The van der Waals surface area contributed by atoms with Crippen molar-refractivity contribution in [3.63, 3.8) is 0 Å². The summed E-state index contributed by atoms with van der Waals surface area (Å²) >= 11 is 0. The maximum absolute atomic E-state index is 11.5. The molecule has 0 unspecified atom stereocenters. The highest BCUT2D eigenvalue weighted by atomic mass is 16.5. The topological polar surface area (TPSA) is 46.5 Å². The summed E-state index contributed by atoms with van der Waals surface area (Å²) in [6.45, 7) is 8.72. The van der Waals surface area contributed by atoms with Gasteiger partial charge in [-0.2, -0.15) is 0 Å². The van der Waals surface area contributed by atoms with Crippen LogP contribution in [0, 0.1) is 40.4 Å². The van der Waals surface area contributed by atoms with Gasteiger partial charge in [0.15, 0.2) is 0 Å². The molecule has 0 heterocycles. The Morgan fingerprint density at radius 2 is 1.69 bits per heavy atom. The Balaban J connectivity index is 1.55. The fraction of sp³-hybridized carbons (Fsp3) is 0.957. The van der Waals surface area contributed by atoms with E-state index in [0.717, 1.165) is 36.5 Å². The fourth-order valence-corrected chi connectivity index (χ4v) is 8.39. The van der Waals surface area contributed by atoms with Gasteiger partial charge in [-0.05, 0) is 99.2 Å². The van der Waals surface area contributed by atoms with Crippen molar-refractivity contribution in [1.29, 1.82) is 0 Å². The molecule has 0 amide bonds. The molecule has 3 heteroatoms. The number of aliphatic hydroxyl groups excluding tert-OH is 1. The van der Waals surface area contributed by atoms with Crippen LogP contribution < -0.4 is 0 Å². The molecule has 148 valence electrons. The molecule has 0 aromatic carbocycles. The van der Waals surface area contributed by atoms with E-state index < -0.39 is 0 Å². The van der Waals surface area contributed by atoms with Crippen LogP contribution in [0.2, 0.25) is 0 Å². The van der Waals surface area contributed by atoms with Crippen LogP contribution >= 0.6 is 0 Å². The predicted molar refractivity (Wildman–Crippen MR) is 102 cm³/mol. The maximum atomic E-state index is 11.5. The standard InChI is InChI=1S/C23H38O3/c1-14(26-15(2)24)19-7-8-20-18-6-5-16-13-17(25)9-11-22(16,3)21(18)10-12-23(19,20)4/h14,16-21,25H,5-13H2,1-4H3/t14-,16-,17+,18+,19-,20+,21+,22+,23-/m1/s1. The second kappa shape index (κ2) is 6.50. The Labute approximate surface area is 159 Å². The number of esters is 1. The fourth-order valence-electron chi connectivity index (χ4n) is 8.39. The first-order chi connectivity index (χ1) is 12.3. The van der Waals surface area contributed by atoms with Crippen molar-refractivity contribution in [3.05, 3.63) is 0 Å². The van der Waals surface area contributed by atoms with Crippen LogP contribution in [0.4, 0.5) is 0 Å². The number of carbonyl (C=O) groups excluding carboxylic acids is 1. The van der Waals surface area contributed by atoms with Crippen LogP contribution in [0.15, 0.2) is 0 Å². The van der Waals surface area contributed by atoms with Gasteiger partial charge in [-0.15, -0.1) is 0 Å². The second-order valence-corrected chi connectivity index (χ2v) is 10.6. The van der Waals surface area contributed by atoms with E-state index >= 15 is 0 Å². The smallest absolute Gasteiger partial charge is 0.302 e. The van der Waals surface area contributed by atoms with Gasteiger partial charge < -0.3 is 9.84 Å². The third-order valence-corrected chi connectivity index (χ3v) is 9.63. The van der Waals surface area contributed by atoms with Crippen molar-refractivity contribution in [2.45, 2.75) is 97.7 Å². The Hall–Kier alpha value is -0.570. The average Bonchev–Trinajstić information content (AvgIpc) is 2.92. The second-order valence-electron chi connectivity index (χ2n) is 10.6. The summed E-state index contributed by atoms with van der Waals surface area (Å²) in [5.74, 6) is 3.61. The van der Waals surface area contributed by atoms with Gasteiger partial charge in [0.2, 0.25) is 0 Å². The number of aliphatic hydroxyl groups is 1. The van der Waals surface area contributed by atoms with E-state index in [1.165, 1.54) is 44.9 Å². The Bertz CT molecular complexity index is 560. The number of fused-ring (bicyclic) bond motifs is 5. The molecule has 1 N–H and O–H groups in total. The van der Waals surface area contributed by atoms with E-state index in [-0.39, 0.29) is 18.2 Å². The average molecular weight is 363 g/mol. The minimum absolute atomic E-state index is 0.0517. The van der Waals surface area contributed by atoms with Crippen molar-refractivity contribution < 1.29 is 14.6 Å². The van der Waals surface area contributed by atoms with E-state index in [0.29, 0.717) is 16.7 Å². The Kier molecular flexibility index (Phi) is 4.69. The van der Waals surface area contributed by atoms with Crippen LogP contribution in [-0.4, -0.2) is 23.3 Å². The lowest BCUT2D eigenvalue weighted by atomic mass is 9.44. The van der Waals surface area contributed by atoms with E-state index in [9.17, 15) is 9.90 Å². The summed E-state index contributed by atoms with van der Waals surface area (Å²) in [6.07, 6.45) is 11.1. The van der Waals surface area contributed by atoms with Gasteiger partial charge in [0.05, 0.1) is 6.10 Å². The van der Waals surface area contributed by atoms with Gasteiger partial charge in [0.1, 0.15) is 6.10 Å². The van der Waals surface area contributed by atoms with E-state index in [1.54, 1.807) is 6.92 Å². The lowest BCUT2D eigenvalue weighted by Crippen LogP contribution is -2.54. The molecule has 4 aliphatic carbocycles. The lowest BCUT2D eigenvalue weighted by Gasteiger charge is -2.61. The predicted octanol–water partition coefficient (Wildman–Crippen LogP) is 4.96. The molecule has 0 radical (unpaired) electrons. The summed E-state index contributed by atoms with van der Waals surface area (Å²) in [6, 6.07) is 0. The molecule has 0 aliphatic heterocycles. The summed E-state index contributed by atoms with van der Waals surface area (Å²) in [4.78, 5) is 11.5. The molecule has 4 aliphatic rings. The summed E-state index contributed by atoms with van der Waals surface area (Å²) in [5.41, 5.74) is 0.788. The highest BCUT2D eigenvalue weighted by Gasteiger charge is 2.60. The van der Waals surface area contributed by atoms with Crippen LogP contribution in [-0.2, 0) is 9.53 Å². The molecule has 0 aromatic heterocycles. The van der Waals surface area contributed by atoms with Gasteiger partial charge >= 0.3 is 5.97 Å². The largest absolute Gasteiger partial charge is 0.463 e. The lowest BCUT2D eigenvalue weighted by molar-refractivity contribution is -0.156. The highest BCUT2D eigenvalue weighted by Crippen LogP contribution is 2.67. The number of rotatable bonds is 2. The molecular weight excluding hydrogens is 324 g/mol. The molecule has 4 saturated carbocycles. The molecule has 0 aromatic rings. The normalized spacial score (nSPS) is 51.7. The number of hydrogen-bond donors (Lipinski definition) is 1. The minimum Gasteiger partial charge on any atom is -0.463 e. The summed E-state index contributed by atoms with van der Waals surface area (Å²) in [7, 11) is 0. The van der Waals surface area contributed by atoms with Crippen molar-refractivity contribution in [2.24, 2.45) is 40.4 Å². The molecule has 0 saturated heterocycles. The minimum atomic E-state index is -0.132. The van der Waals surface area contributed by atoms with Crippen molar-refractivity contribution >= 4 is 5.97 Å². The van der Waals surface area contributed by atoms with Crippen LogP contribution in [0.1, 0.15) is 85.5 Å². The van der Waals surface area contributed by atoms with Crippen molar-refractivity contribution in [2.75, 3.05) is 0 Å². The Morgan fingerprint density at radius 3 is 2.42 bits per heavy atom. The van der Waals surface area contributed by atoms with Crippen molar-refractivity contribution in [1.82, 2.24) is 0 Å². The Morgan fingerprint density at radius 1 is 1.00 bits per heavy atom. The van der Waals surface area contributed by atoms with E-state index in [4.69, 9.17) is 4.74 Å². The number of carbonyl (C=O) groups is 1. The van der Waals surface area contributed by atoms with E-state index in [2.05, 4.69) is 20.8 Å². The molecule has 0 spiro atoms. The number of ether oxygens (including phenoxy) is 1. The van der Waals surface area contributed by atoms with Gasteiger partial charge in [-0.1, -0.05) is 13.8 Å². The zero-order chi connectivity index (χ0) is 18.7. The zero-order valence-electron chi connectivity index (χ0n) is 17.2. The third kappa shape index (κ3) is 2.75. The van der Waals surface area contributed by atoms with Gasteiger partial charge in [0.25, 0.3) is 0 Å². The maximum Gasteiger partial charge on any atom is 0.302 e. The number of hydrogen-bond acceptors (Lipinski definition) is 3. The van der Waals surface area contributed by atoms with Crippen LogP contribution in [0.3, 0.4) is 0 Å². The van der Waals surface area contributed by atoms with Gasteiger partial charge in [-0.3, -0.25) is 4.79 Å². The summed E-state index contributed by atoms with van der Waals surface area (Å²) < 4.78 is 5.64. The van der Waals surface area contributed by atoms with E-state index in [1.807, 2.05) is 0 Å². The molecule has 0 bridgehead atoms. The molecule has 4 fully saturated rings. The van der Waals surface area contributed by atoms with Crippen molar-refractivity contribution in [3.8, 4) is 0 Å². The quantitative estimate of drug-likeness (QED) is 0.706. The third-order valence-electron chi connectivity index (χ3n) is 9.63. The SMILES string of the molecule is CC(=O)O[C@H](C)[C@H]1CC[C@H]2[C@@H]3CC[C@@H]4C[C@@H](O)CC[C@]4(C)[C@H]3CC[C@]12C. The molecular formula is C23H38O3. The van der Waals surface area contributed by atoms with Crippen LogP contribution in [0.25, 0.3) is 0 Å². The monoisotopic (exact) mass is 362 g/mol. The van der Waals surface area contributed by atoms with Gasteiger partial charge in [-0.25, -0.2) is 0 Å². The first-order valence-corrected chi connectivity index (χ1v) is 11.1. The molecule has 9 atom stereocenters. The molecule has 4 rings (SSSR count). The molecule has 26 heavy (non-hydrogen) atoms. The first kappa shape index (κ1) is 18.8. The zero-order valence-corrected chi connectivity index (χ0v) is 17.2. The molecule has 3 nitrogen and oxygen atoms in total. The summed E-state index contributed by atoms with van der Waals surface area (Å²) in [5, 5.41) is 10.2. The van der Waals surface area contributed by atoms with Gasteiger partial charge in [0, 0.05) is 12.8 Å².